The smallest absolute Gasteiger partial charge is 0.258 e. The number of aromatic amines is 1. The molecule has 1 saturated carbocycles. The van der Waals surface area contributed by atoms with Crippen LogP contribution in [0.4, 0.5) is 0 Å². The summed E-state index contributed by atoms with van der Waals surface area (Å²) in [6.45, 7) is 0. The van der Waals surface area contributed by atoms with Crippen LogP contribution in [0.1, 0.15) is 49.4 Å². The largest absolute Gasteiger partial charge is 0.353 e. The van der Waals surface area contributed by atoms with Gasteiger partial charge < -0.3 is 10.3 Å². The summed E-state index contributed by atoms with van der Waals surface area (Å²) in [5.41, 5.74) is 1.92. The Morgan fingerprint density at radius 3 is 2.50 bits per heavy atom. The molecule has 0 saturated heterocycles. The summed E-state index contributed by atoms with van der Waals surface area (Å²) in [5, 5.41) is 3.73. The van der Waals surface area contributed by atoms with E-state index < -0.39 is 0 Å². The number of H-pyrrole nitrogens is 1. The lowest BCUT2D eigenvalue weighted by molar-refractivity contribution is -0.122. The number of rotatable bonds is 5. The fourth-order valence-electron chi connectivity index (χ4n) is 4.08. The second-order valence-electron chi connectivity index (χ2n) is 7.56. The van der Waals surface area contributed by atoms with E-state index in [1.54, 1.807) is 6.07 Å². The van der Waals surface area contributed by atoms with Gasteiger partial charge in [-0.1, -0.05) is 42.5 Å². The molecule has 2 N–H and O–H groups in total. The summed E-state index contributed by atoms with van der Waals surface area (Å²) in [6, 6.07) is 18.1. The molecule has 1 amide bonds. The maximum absolute atomic E-state index is 12.4. The van der Waals surface area contributed by atoms with Gasteiger partial charge in [-0.15, -0.1) is 0 Å². The Kier molecular flexibility index (Phi) is 5.51. The number of para-hydroxylation sites is 1. The molecule has 2 aromatic carbocycles. The monoisotopic (exact) mass is 375 g/mol. The zero-order valence-electron chi connectivity index (χ0n) is 15.9. The number of nitrogens with one attached hydrogen (secondary N) is 2. The van der Waals surface area contributed by atoms with Gasteiger partial charge >= 0.3 is 0 Å². The minimum atomic E-state index is -0.153. The molecule has 1 aliphatic carbocycles. The van der Waals surface area contributed by atoms with Gasteiger partial charge in [0.1, 0.15) is 5.82 Å². The maximum Gasteiger partial charge on any atom is 0.258 e. The average molecular weight is 375 g/mol. The van der Waals surface area contributed by atoms with Crippen LogP contribution in [0, 0.1) is 0 Å². The summed E-state index contributed by atoms with van der Waals surface area (Å²) in [4.78, 5) is 31.7. The highest BCUT2D eigenvalue weighted by atomic mass is 16.1. The van der Waals surface area contributed by atoms with E-state index in [2.05, 4.69) is 39.6 Å². The summed E-state index contributed by atoms with van der Waals surface area (Å²) in [6.07, 6.45) is 5.00. The van der Waals surface area contributed by atoms with Crippen LogP contribution < -0.4 is 10.9 Å². The lowest BCUT2D eigenvalue weighted by Crippen LogP contribution is -2.37. The number of amides is 1. The van der Waals surface area contributed by atoms with E-state index in [1.807, 2.05) is 24.3 Å². The Morgan fingerprint density at radius 1 is 1.00 bits per heavy atom. The van der Waals surface area contributed by atoms with Crippen molar-refractivity contribution in [1.82, 2.24) is 15.3 Å². The minimum Gasteiger partial charge on any atom is -0.353 e. The molecule has 0 radical (unpaired) electrons. The number of benzene rings is 2. The summed E-state index contributed by atoms with van der Waals surface area (Å²) in [7, 11) is 0. The molecule has 0 unspecified atom stereocenters. The number of carbonyl (C=O) groups excluding carboxylic acids is 1. The van der Waals surface area contributed by atoms with Gasteiger partial charge in [0.2, 0.25) is 5.91 Å². The molecule has 5 nitrogen and oxygen atoms in total. The summed E-state index contributed by atoms with van der Waals surface area (Å²) in [5.74, 6) is 1.19. The molecule has 0 bridgehead atoms. The molecule has 1 fully saturated rings. The number of carbonyl (C=O) groups is 1. The van der Waals surface area contributed by atoms with Gasteiger partial charge in [-0.2, -0.15) is 0 Å². The van der Waals surface area contributed by atoms with Crippen LogP contribution in [0.25, 0.3) is 10.9 Å². The van der Waals surface area contributed by atoms with Crippen LogP contribution in [0.5, 0.6) is 0 Å². The number of fused-ring (bicyclic) bond motifs is 1. The van der Waals surface area contributed by atoms with Gasteiger partial charge in [0.05, 0.1) is 10.9 Å². The first-order chi connectivity index (χ1) is 13.7. The average Bonchev–Trinajstić information content (AvgIpc) is 2.73. The van der Waals surface area contributed by atoms with Crippen molar-refractivity contribution in [2.24, 2.45) is 0 Å². The highest BCUT2D eigenvalue weighted by molar-refractivity contribution is 5.78. The van der Waals surface area contributed by atoms with E-state index in [4.69, 9.17) is 0 Å². The van der Waals surface area contributed by atoms with E-state index >= 15 is 0 Å². The molecule has 4 rings (SSSR count). The van der Waals surface area contributed by atoms with Crippen molar-refractivity contribution < 1.29 is 4.79 Å². The van der Waals surface area contributed by atoms with E-state index in [1.165, 1.54) is 5.56 Å². The molecule has 1 heterocycles. The zero-order chi connectivity index (χ0) is 19.3. The molecule has 144 valence electrons. The third kappa shape index (κ3) is 4.30. The van der Waals surface area contributed by atoms with E-state index in [-0.39, 0.29) is 17.5 Å². The van der Waals surface area contributed by atoms with Crippen molar-refractivity contribution >= 4 is 16.8 Å². The van der Waals surface area contributed by atoms with Gasteiger partial charge in [-0.05, 0) is 49.3 Å². The highest BCUT2D eigenvalue weighted by Crippen LogP contribution is 2.32. The van der Waals surface area contributed by atoms with Crippen LogP contribution in [-0.4, -0.2) is 21.9 Å². The van der Waals surface area contributed by atoms with Crippen molar-refractivity contribution in [3.8, 4) is 0 Å². The van der Waals surface area contributed by atoms with Crippen LogP contribution >= 0.6 is 0 Å². The predicted octanol–water partition coefficient (Wildman–Crippen LogP) is 3.70. The highest BCUT2D eigenvalue weighted by Gasteiger charge is 2.23. The second-order valence-corrected chi connectivity index (χ2v) is 7.56. The number of nitrogens with zero attached hydrogens (tertiary/aromatic N) is 1. The molecule has 5 heteroatoms. The maximum atomic E-state index is 12.4. The van der Waals surface area contributed by atoms with Crippen LogP contribution in [0.2, 0.25) is 0 Å². The van der Waals surface area contributed by atoms with Crippen LogP contribution in [0.15, 0.2) is 59.4 Å². The lowest BCUT2D eigenvalue weighted by Gasteiger charge is -2.29. The number of hydrogen-bond donors (Lipinski definition) is 2. The Labute approximate surface area is 164 Å². The molecule has 3 aromatic rings. The topological polar surface area (TPSA) is 74.8 Å². The third-order valence-corrected chi connectivity index (χ3v) is 5.61. The minimum absolute atomic E-state index is 0.0268. The van der Waals surface area contributed by atoms with Gasteiger partial charge in [-0.3, -0.25) is 9.59 Å². The SMILES string of the molecule is O=C(CCc1nc2ccccc2c(=O)[nH]1)NC1CCC(c2ccccc2)CC1. The van der Waals surface area contributed by atoms with Crippen molar-refractivity contribution in [3.63, 3.8) is 0 Å². The van der Waals surface area contributed by atoms with Crippen molar-refractivity contribution in [2.75, 3.05) is 0 Å². The molecule has 0 aliphatic heterocycles. The van der Waals surface area contributed by atoms with Crippen molar-refractivity contribution in [3.05, 3.63) is 76.3 Å². The third-order valence-electron chi connectivity index (χ3n) is 5.61. The molecule has 0 atom stereocenters. The standard InChI is InChI=1S/C23H25N3O2/c27-22(15-14-21-25-20-9-5-4-8-19(20)23(28)26-21)24-18-12-10-17(11-13-18)16-6-2-1-3-7-16/h1-9,17-18H,10-15H2,(H,24,27)(H,25,26,28). The second kappa shape index (κ2) is 8.38. The molecule has 1 aromatic heterocycles. The summed E-state index contributed by atoms with van der Waals surface area (Å²) < 4.78 is 0. The Morgan fingerprint density at radius 2 is 1.71 bits per heavy atom. The quantitative estimate of drug-likeness (QED) is 0.714. The lowest BCUT2D eigenvalue weighted by atomic mass is 9.82. The number of aromatic nitrogens is 2. The first kappa shape index (κ1) is 18.4. The van der Waals surface area contributed by atoms with Crippen molar-refractivity contribution in [2.45, 2.75) is 50.5 Å². The van der Waals surface area contributed by atoms with E-state index in [0.717, 1.165) is 25.7 Å². The molecular formula is C23H25N3O2. The normalized spacial score (nSPS) is 19.4. The fourth-order valence-corrected chi connectivity index (χ4v) is 4.08. The molecule has 0 spiro atoms. The van der Waals surface area contributed by atoms with Crippen LogP contribution in [0.3, 0.4) is 0 Å². The Hall–Kier alpha value is -2.95. The van der Waals surface area contributed by atoms with E-state index in [9.17, 15) is 9.59 Å². The Balaban J connectivity index is 1.28. The summed E-state index contributed by atoms with van der Waals surface area (Å²) >= 11 is 0. The first-order valence-corrected chi connectivity index (χ1v) is 10.0. The Bertz CT molecular complexity index is 1010. The van der Waals surface area contributed by atoms with Gasteiger partial charge in [-0.25, -0.2) is 4.98 Å². The van der Waals surface area contributed by atoms with Crippen molar-refractivity contribution in [1.29, 1.82) is 0 Å². The number of aryl methyl sites for hydroxylation is 1. The zero-order valence-corrected chi connectivity index (χ0v) is 15.9. The van der Waals surface area contributed by atoms with Gasteiger partial charge in [0, 0.05) is 18.9 Å². The van der Waals surface area contributed by atoms with Gasteiger partial charge in [0.25, 0.3) is 5.56 Å². The first-order valence-electron chi connectivity index (χ1n) is 10.0. The van der Waals surface area contributed by atoms with Gasteiger partial charge in [0.15, 0.2) is 0 Å². The molecular weight excluding hydrogens is 350 g/mol. The number of hydrogen-bond acceptors (Lipinski definition) is 3. The van der Waals surface area contributed by atoms with E-state index in [0.29, 0.717) is 35.5 Å². The predicted molar refractivity (Wildman–Crippen MR) is 110 cm³/mol. The molecule has 1 aliphatic rings. The molecule has 28 heavy (non-hydrogen) atoms. The fraction of sp³-hybridized carbons (Fsp3) is 0.348. The van der Waals surface area contributed by atoms with Crippen LogP contribution in [-0.2, 0) is 11.2 Å².